The molecule has 0 aliphatic rings. The molecule has 0 bridgehead atoms. The predicted octanol–water partition coefficient (Wildman–Crippen LogP) is 0.932. The summed E-state index contributed by atoms with van der Waals surface area (Å²) in [4.78, 5) is 33.5. The number of ketones is 1. The Balaban J connectivity index is 3.17. The third-order valence-corrected chi connectivity index (χ3v) is 2.39. The summed E-state index contributed by atoms with van der Waals surface area (Å²) in [5.74, 6) is -2.32. The van der Waals surface area contributed by atoms with Gasteiger partial charge in [-0.1, -0.05) is 0 Å². The molecular formula is C12H13NO8. The molecule has 0 saturated carbocycles. The zero-order chi connectivity index (χ0) is 16.0. The molecule has 1 heterocycles. The number of Topliss-reactive ketones (excluding diaryl/α,β-unsaturated/α-hetero) is 1. The van der Waals surface area contributed by atoms with Crippen LogP contribution in [0.1, 0.15) is 5.76 Å². The molecule has 0 spiro atoms. The Morgan fingerprint density at radius 1 is 1.29 bits per heavy atom. The van der Waals surface area contributed by atoms with Gasteiger partial charge >= 0.3 is 11.9 Å². The van der Waals surface area contributed by atoms with Gasteiger partial charge in [-0.2, -0.15) is 0 Å². The summed E-state index contributed by atoms with van der Waals surface area (Å²) in [6.45, 7) is 0. The van der Waals surface area contributed by atoms with Crippen LogP contribution in [0.2, 0.25) is 0 Å². The van der Waals surface area contributed by atoms with Crippen LogP contribution in [-0.2, 0) is 23.8 Å². The molecule has 0 amide bonds. The van der Waals surface area contributed by atoms with E-state index in [1.54, 1.807) is 0 Å². The first kappa shape index (κ1) is 16.5. The second kappa shape index (κ2) is 7.31. The van der Waals surface area contributed by atoms with Crippen LogP contribution in [0.15, 0.2) is 22.1 Å². The maximum absolute atomic E-state index is 12.1. The molecule has 0 fully saturated rings. The molecule has 1 rings (SSSR count). The lowest BCUT2D eigenvalue weighted by Gasteiger charge is -2.12. The molecule has 1 aromatic rings. The quantitative estimate of drug-likeness (QED) is 0.139. The monoisotopic (exact) mass is 299 g/mol. The molecule has 21 heavy (non-hydrogen) atoms. The van der Waals surface area contributed by atoms with Gasteiger partial charge in [0.15, 0.2) is 0 Å². The topological polar surface area (TPSA) is 118 Å². The van der Waals surface area contributed by atoms with Crippen molar-refractivity contribution in [3.8, 4) is 0 Å². The molecule has 0 radical (unpaired) electrons. The van der Waals surface area contributed by atoms with Crippen molar-refractivity contribution < 1.29 is 33.1 Å². The summed E-state index contributed by atoms with van der Waals surface area (Å²) >= 11 is 0. The van der Waals surface area contributed by atoms with Crippen LogP contribution in [0.4, 0.5) is 5.88 Å². The maximum atomic E-state index is 12.1. The molecule has 0 aromatic carbocycles. The minimum absolute atomic E-state index is 0.0543. The average Bonchev–Trinajstić information content (AvgIpc) is 2.94. The lowest BCUT2D eigenvalue weighted by Crippen LogP contribution is -2.29. The second-order valence-electron chi connectivity index (χ2n) is 3.65. The van der Waals surface area contributed by atoms with E-state index in [2.05, 4.69) is 4.74 Å². The third-order valence-electron chi connectivity index (χ3n) is 2.39. The number of hydrogen-bond donors (Lipinski definition) is 0. The van der Waals surface area contributed by atoms with Crippen LogP contribution in [0.25, 0.3) is 6.08 Å². The number of methoxy groups -OCH3 is 3. The number of rotatable bonds is 7. The van der Waals surface area contributed by atoms with E-state index in [1.807, 2.05) is 0 Å². The molecule has 9 nitrogen and oxygen atoms in total. The van der Waals surface area contributed by atoms with Gasteiger partial charge in [-0.25, -0.2) is 4.79 Å². The molecule has 0 atom stereocenters. The van der Waals surface area contributed by atoms with Crippen molar-refractivity contribution in [2.45, 2.75) is 6.29 Å². The SMILES string of the molecule is COC(=O)/C(=C\c1ccc([N+](=O)[O-])o1)C(=O)C(OC)OC. The van der Waals surface area contributed by atoms with E-state index < -0.39 is 34.4 Å². The van der Waals surface area contributed by atoms with Crippen molar-refractivity contribution >= 4 is 23.7 Å². The van der Waals surface area contributed by atoms with Crippen molar-refractivity contribution in [3.05, 3.63) is 33.6 Å². The average molecular weight is 299 g/mol. The molecule has 0 aliphatic carbocycles. The largest absolute Gasteiger partial charge is 0.465 e. The summed E-state index contributed by atoms with van der Waals surface area (Å²) < 4.78 is 18.9. The van der Waals surface area contributed by atoms with E-state index in [1.165, 1.54) is 20.3 Å². The molecule has 0 aliphatic heterocycles. The van der Waals surface area contributed by atoms with Gasteiger partial charge in [0.2, 0.25) is 12.1 Å². The highest BCUT2D eigenvalue weighted by Gasteiger charge is 2.28. The van der Waals surface area contributed by atoms with E-state index >= 15 is 0 Å². The van der Waals surface area contributed by atoms with Gasteiger partial charge in [0.05, 0.1) is 13.2 Å². The Morgan fingerprint density at radius 2 is 1.90 bits per heavy atom. The van der Waals surface area contributed by atoms with Crippen molar-refractivity contribution in [3.63, 3.8) is 0 Å². The van der Waals surface area contributed by atoms with Gasteiger partial charge in [0.25, 0.3) is 0 Å². The highest BCUT2D eigenvalue weighted by atomic mass is 16.7. The number of carbonyl (C=O) groups is 2. The predicted molar refractivity (Wildman–Crippen MR) is 68.2 cm³/mol. The van der Waals surface area contributed by atoms with Gasteiger partial charge in [0.1, 0.15) is 16.3 Å². The molecule has 0 unspecified atom stereocenters. The van der Waals surface area contributed by atoms with Gasteiger partial charge < -0.3 is 18.6 Å². The molecule has 114 valence electrons. The highest BCUT2D eigenvalue weighted by molar-refractivity contribution is 6.21. The van der Waals surface area contributed by atoms with Crippen molar-refractivity contribution in [1.29, 1.82) is 0 Å². The van der Waals surface area contributed by atoms with E-state index in [0.29, 0.717) is 0 Å². The molecule has 1 aromatic heterocycles. The van der Waals surface area contributed by atoms with Crippen LogP contribution in [-0.4, -0.2) is 44.3 Å². The molecule has 0 N–H and O–H groups in total. The number of nitro groups is 1. The first-order valence-corrected chi connectivity index (χ1v) is 5.58. The summed E-state index contributed by atoms with van der Waals surface area (Å²) in [5.41, 5.74) is -0.421. The fourth-order valence-corrected chi connectivity index (χ4v) is 1.44. The van der Waals surface area contributed by atoms with Gasteiger partial charge in [0, 0.05) is 14.2 Å². The van der Waals surface area contributed by atoms with Crippen LogP contribution in [0.3, 0.4) is 0 Å². The third kappa shape index (κ3) is 3.97. The smallest absolute Gasteiger partial charge is 0.433 e. The molecule has 0 saturated heterocycles. The summed E-state index contributed by atoms with van der Waals surface area (Å²) in [6, 6.07) is 2.33. The summed E-state index contributed by atoms with van der Waals surface area (Å²) in [5, 5.41) is 10.5. The standard InChI is InChI=1S/C12H13NO8/c1-18-11(15)8(10(14)12(19-2)20-3)6-7-4-5-9(21-7)13(16)17/h4-6,12H,1-3H3/b8-6-. The van der Waals surface area contributed by atoms with E-state index in [0.717, 1.165) is 19.3 Å². The zero-order valence-electron chi connectivity index (χ0n) is 11.5. The van der Waals surface area contributed by atoms with Gasteiger partial charge in [-0.05, 0) is 12.1 Å². The number of nitrogens with zero attached hydrogens (tertiary/aromatic N) is 1. The Bertz CT molecular complexity index is 570. The van der Waals surface area contributed by atoms with Gasteiger partial charge in [-0.3, -0.25) is 14.9 Å². The van der Waals surface area contributed by atoms with E-state index in [4.69, 9.17) is 13.9 Å². The maximum Gasteiger partial charge on any atom is 0.433 e. The number of ether oxygens (including phenoxy) is 3. The van der Waals surface area contributed by atoms with Gasteiger partial charge in [-0.15, -0.1) is 0 Å². The van der Waals surface area contributed by atoms with E-state index in [9.17, 15) is 19.7 Å². The lowest BCUT2D eigenvalue weighted by atomic mass is 10.1. The Labute approximate surface area is 119 Å². The minimum atomic E-state index is -1.31. The second-order valence-corrected chi connectivity index (χ2v) is 3.65. The normalized spacial score (nSPS) is 11.5. The highest BCUT2D eigenvalue weighted by Crippen LogP contribution is 2.19. The van der Waals surface area contributed by atoms with Crippen molar-refractivity contribution in [1.82, 2.24) is 0 Å². The summed E-state index contributed by atoms with van der Waals surface area (Å²) in [6.07, 6.45) is -0.285. The van der Waals surface area contributed by atoms with Crippen LogP contribution in [0, 0.1) is 10.1 Å². The first-order chi connectivity index (χ1) is 9.94. The number of esters is 1. The minimum Gasteiger partial charge on any atom is -0.465 e. The number of hydrogen-bond acceptors (Lipinski definition) is 8. The fourth-order valence-electron chi connectivity index (χ4n) is 1.44. The Morgan fingerprint density at radius 3 is 2.33 bits per heavy atom. The fraction of sp³-hybridized carbons (Fsp3) is 0.333. The first-order valence-electron chi connectivity index (χ1n) is 5.58. The van der Waals surface area contributed by atoms with Crippen LogP contribution >= 0.6 is 0 Å². The Kier molecular flexibility index (Phi) is 5.76. The number of furan rings is 1. The molecular weight excluding hydrogens is 286 g/mol. The zero-order valence-corrected chi connectivity index (χ0v) is 11.5. The molecule has 9 heteroatoms. The Hall–Kier alpha value is -2.52. The van der Waals surface area contributed by atoms with Crippen molar-refractivity contribution in [2.24, 2.45) is 0 Å². The lowest BCUT2D eigenvalue weighted by molar-refractivity contribution is -0.402. The van der Waals surface area contributed by atoms with Crippen LogP contribution in [0.5, 0.6) is 0 Å². The summed E-state index contributed by atoms with van der Waals surface area (Å²) in [7, 11) is 3.53. The van der Waals surface area contributed by atoms with Crippen LogP contribution < -0.4 is 0 Å². The number of carbonyl (C=O) groups excluding carboxylic acids is 2. The van der Waals surface area contributed by atoms with E-state index in [-0.39, 0.29) is 5.76 Å². The van der Waals surface area contributed by atoms with Crippen molar-refractivity contribution in [2.75, 3.05) is 21.3 Å².